The number of hydrogen-bond acceptors (Lipinski definition) is 2. The molecule has 18 heavy (non-hydrogen) atoms. The lowest BCUT2D eigenvalue weighted by molar-refractivity contribution is 0.111. The summed E-state index contributed by atoms with van der Waals surface area (Å²) in [5.41, 5.74) is 6.88. The molecule has 0 saturated heterocycles. The number of imidazole rings is 1. The maximum absolute atomic E-state index is 6.49. The number of nitrogens with two attached hydrogens (primary N) is 1. The first kappa shape index (κ1) is 13.6. The second-order valence-corrected chi connectivity index (χ2v) is 6.34. The van der Waals surface area contributed by atoms with Crippen molar-refractivity contribution >= 4 is 0 Å². The number of rotatable bonds is 4. The Kier molecular flexibility index (Phi) is 4.10. The van der Waals surface area contributed by atoms with E-state index in [9.17, 15) is 0 Å². The standard InChI is InChI=1S/C15H27N3/c1-4-18-10-9-17-14(18)11-13(16)12-7-5-6-8-15(12,2)3/h9-10,12-13H,4-8,11,16H2,1-3H3. The van der Waals surface area contributed by atoms with E-state index in [1.165, 1.54) is 25.7 Å². The third-order valence-electron chi connectivity index (χ3n) is 4.67. The van der Waals surface area contributed by atoms with Crippen LogP contribution in [0.25, 0.3) is 0 Å². The van der Waals surface area contributed by atoms with Gasteiger partial charge >= 0.3 is 0 Å². The smallest absolute Gasteiger partial charge is 0.110 e. The molecule has 1 aromatic heterocycles. The van der Waals surface area contributed by atoms with E-state index in [4.69, 9.17) is 5.73 Å². The first-order chi connectivity index (χ1) is 8.54. The van der Waals surface area contributed by atoms with Gasteiger partial charge in [0.25, 0.3) is 0 Å². The van der Waals surface area contributed by atoms with Crippen molar-refractivity contribution in [3.05, 3.63) is 18.2 Å². The van der Waals surface area contributed by atoms with Crippen LogP contribution >= 0.6 is 0 Å². The maximum Gasteiger partial charge on any atom is 0.110 e. The van der Waals surface area contributed by atoms with Gasteiger partial charge in [-0.25, -0.2) is 4.98 Å². The maximum atomic E-state index is 6.49. The summed E-state index contributed by atoms with van der Waals surface area (Å²) >= 11 is 0. The van der Waals surface area contributed by atoms with Crippen LogP contribution in [0, 0.1) is 11.3 Å². The highest BCUT2D eigenvalue weighted by Gasteiger charge is 2.36. The van der Waals surface area contributed by atoms with Crippen molar-refractivity contribution in [2.75, 3.05) is 0 Å². The average molecular weight is 249 g/mol. The monoisotopic (exact) mass is 249 g/mol. The Labute approximate surface area is 111 Å². The number of aromatic nitrogens is 2. The summed E-state index contributed by atoms with van der Waals surface area (Å²) in [6.45, 7) is 7.89. The molecule has 1 fully saturated rings. The SMILES string of the molecule is CCn1ccnc1CC(N)C1CCCCC1(C)C. The molecular formula is C15H27N3. The quantitative estimate of drug-likeness (QED) is 0.891. The highest BCUT2D eigenvalue weighted by atomic mass is 15.1. The van der Waals surface area contributed by atoms with Gasteiger partial charge in [-0.2, -0.15) is 0 Å². The van der Waals surface area contributed by atoms with Crippen LogP contribution in [0.2, 0.25) is 0 Å². The molecule has 0 spiro atoms. The highest BCUT2D eigenvalue weighted by molar-refractivity contribution is 4.99. The van der Waals surface area contributed by atoms with Crippen LogP contribution < -0.4 is 5.73 Å². The Morgan fingerprint density at radius 3 is 2.94 bits per heavy atom. The van der Waals surface area contributed by atoms with Crippen molar-refractivity contribution in [3.63, 3.8) is 0 Å². The fraction of sp³-hybridized carbons (Fsp3) is 0.800. The van der Waals surface area contributed by atoms with Crippen LogP contribution in [0.5, 0.6) is 0 Å². The third kappa shape index (κ3) is 2.77. The minimum absolute atomic E-state index is 0.244. The lowest BCUT2D eigenvalue weighted by Crippen LogP contribution is -2.43. The van der Waals surface area contributed by atoms with Gasteiger partial charge in [-0.05, 0) is 31.1 Å². The van der Waals surface area contributed by atoms with Crippen LogP contribution in [0.1, 0.15) is 52.3 Å². The van der Waals surface area contributed by atoms with Gasteiger partial charge in [-0.15, -0.1) is 0 Å². The fourth-order valence-corrected chi connectivity index (χ4v) is 3.49. The third-order valence-corrected chi connectivity index (χ3v) is 4.67. The second-order valence-electron chi connectivity index (χ2n) is 6.34. The molecule has 2 unspecified atom stereocenters. The van der Waals surface area contributed by atoms with Gasteiger partial charge in [0.15, 0.2) is 0 Å². The van der Waals surface area contributed by atoms with E-state index in [2.05, 4.69) is 30.3 Å². The van der Waals surface area contributed by atoms with Crippen molar-refractivity contribution < 1.29 is 0 Å². The van der Waals surface area contributed by atoms with Gasteiger partial charge in [-0.3, -0.25) is 0 Å². The number of nitrogens with zero attached hydrogens (tertiary/aromatic N) is 2. The molecule has 1 heterocycles. The molecule has 3 heteroatoms. The zero-order valence-corrected chi connectivity index (χ0v) is 12.0. The Hall–Kier alpha value is -0.830. The van der Waals surface area contributed by atoms with E-state index in [1.54, 1.807) is 0 Å². The molecule has 102 valence electrons. The largest absolute Gasteiger partial charge is 0.335 e. The molecule has 0 aliphatic heterocycles. The Morgan fingerprint density at radius 1 is 1.50 bits per heavy atom. The molecular weight excluding hydrogens is 222 g/mol. The number of aryl methyl sites for hydroxylation is 1. The summed E-state index contributed by atoms with van der Waals surface area (Å²) in [4.78, 5) is 4.45. The minimum Gasteiger partial charge on any atom is -0.335 e. The minimum atomic E-state index is 0.244. The van der Waals surface area contributed by atoms with Crippen LogP contribution in [-0.2, 0) is 13.0 Å². The van der Waals surface area contributed by atoms with Crippen LogP contribution in [0.15, 0.2) is 12.4 Å². The van der Waals surface area contributed by atoms with Crippen molar-refractivity contribution in [2.45, 2.75) is 65.5 Å². The van der Waals surface area contributed by atoms with Crippen molar-refractivity contribution in [3.8, 4) is 0 Å². The van der Waals surface area contributed by atoms with Gasteiger partial charge in [0.2, 0.25) is 0 Å². The Balaban J connectivity index is 2.05. The molecule has 2 rings (SSSR count). The Bertz CT molecular complexity index is 381. The van der Waals surface area contributed by atoms with Gasteiger partial charge in [0.1, 0.15) is 5.82 Å². The normalized spacial score (nSPS) is 25.0. The van der Waals surface area contributed by atoms with E-state index >= 15 is 0 Å². The fourth-order valence-electron chi connectivity index (χ4n) is 3.49. The predicted octanol–water partition coefficient (Wildman–Crippen LogP) is 2.99. The summed E-state index contributed by atoms with van der Waals surface area (Å²) in [6.07, 6.45) is 10.1. The summed E-state index contributed by atoms with van der Waals surface area (Å²) in [7, 11) is 0. The Morgan fingerprint density at radius 2 is 2.28 bits per heavy atom. The van der Waals surface area contributed by atoms with E-state index in [-0.39, 0.29) is 6.04 Å². The van der Waals surface area contributed by atoms with E-state index < -0.39 is 0 Å². The van der Waals surface area contributed by atoms with E-state index in [0.29, 0.717) is 11.3 Å². The lowest BCUT2D eigenvalue weighted by atomic mass is 9.65. The molecule has 2 atom stereocenters. The zero-order valence-electron chi connectivity index (χ0n) is 12.0. The molecule has 1 aliphatic carbocycles. The van der Waals surface area contributed by atoms with E-state index in [0.717, 1.165) is 18.8 Å². The molecule has 1 aromatic rings. The first-order valence-electron chi connectivity index (χ1n) is 7.30. The van der Waals surface area contributed by atoms with Gasteiger partial charge in [-0.1, -0.05) is 26.7 Å². The summed E-state index contributed by atoms with van der Waals surface area (Å²) in [5, 5.41) is 0. The lowest BCUT2D eigenvalue weighted by Gasteiger charge is -2.42. The van der Waals surface area contributed by atoms with Gasteiger partial charge in [0, 0.05) is 31.4 Å². The van der Waals surface area contributed by atoms with Crippen LogP contribution in [-0.4, -0.2) is 15.6 Å². The molecule has 0 bridgehead atoms. The molecule has 2 N–H and O–H groups in total. The molecule has 0 amide bonds. The summed E-state index contributed by atoms with van der Waals surface area (Å²) in [5.74, 6) is 1.78. The highest BCUT2D eigenvalue weighted by Crippen LogP contribution is 2.42. The van der Waals surface area contributed by atoms with Crippen molar-refractivity contribution in [1.29, 1.82) is 0 Å². The first-order valence-corrected chi connectivity index (χ1v) is 7.30. The molecule has 1 saturated carbocycles. The average Bonchev–Trinajstić information content (AvgIpc) is 2.75. The molecule has 3 nitrogen and oxygen atoms in total. The second kappa shape index (κ2) is 5.43. The van der Waals surface area contributed by atoms with Crippen LogP contribution in [0.3, 0.4) is 0 Å². The summed E-state index contributed by atoms with van der Waals surface area (Å²) in [6, 6.07) is 0.244. The zero-order chi connectivity index (χ0) is 13.2. The van der Waals surface area contributed by atoms with Crippen LogP contribution in [0.4, 0.5) is 0 Å². The van der Waals surface area contributed by atoms with Crippen molar-refractivity contribution in [2.24, 2.45) is 17.1 Å². The summed E-state index contributed by atoms with van der Waals surface area (Å²) < 4.78 is 2.20. The molecule has 0 aromatic carbocycles. The van der Waals surface area contributed by atoms with Gasteiger partial charge < -0.3 is 10.3 Å². The van der Waals surface area contributed by atoms with Crippen molar-refractivity contribution in [1.82, 2.24) is 9.55 Å². The predicted molar refractivity (Wildman–Crippen MR) is 75.3 cm³/mol. The molecule has 0 radical (unpaired) electrons. The number of hydrogen-bond donors (Lipinski definition) is 1. The van der Waals surface area contributed by atoms with Gasteiger partial charge in [0.05, 0.1) is 0 Å². The molecule has 1 aliphatic rings. The topological polar surface area (TPSA) is 43.8 Å². The van der Waals surface area contributed by atoms with E-state index in [1.807, 2.05) is 12.4 Å².